The predicted molar refractivity (Wildman–Crippen MR) is 81.3 cm³/mol. The second-order valence-corrected chi connectivity index (χ2v) is 5.60. The molecule has 116 valence electrons. The zero-order valence-corrected chi connectivity index (χ0v) is 12.7. The van der Waals surface area contributed by atoms with E-state index in [2.05, 4.69) is 16.7 Å². The van der Waals surface area contributed by atoms with Gasteiger partial charge in [-0.15, -0.1) is 0 Å². The molecule has 1 heterocycles. The van der Waals surface area contributed by atoms with Gasteiger partial charge in [-0.1, -0.05) is 12.1 Å². The molecule has 0 spiro atoms. The van der Waals surface area contributed by atoms with Crippen LogP contribution in [0.3, 0.4) is 0 Å². The summed E-state index contributed by atoms with van der Waals surface area (Å²) in [4.78, 5) is 13.6. The fraction of sp³-hybridized carbons (Fsp3) is 0.562. The quantitative estimate of drug-likeness (QED) is 0.826. The van der Waals surface area contributed by atoms with Crippen LogP contribution < -0.4 is 10.5 Å². The van der Waals surface area contributed by atoms with Crippen molar-refractivity contribution in [1.29, 1.82) is 0 Å². The Hall–Kier alpha value is -1.59. The van der Waals surface area contributed by atoms with Crippen LogP contribution in [0, 0.1) is 0 Å². The molecule has 1 atom stereocenters. The summed E-state index contributed by atoms with van der Waals surface area (Å²) in [6.07, 6.45) is 2.89. The van der Waals surface area contributed by atoms with Crippen molar-refractivity contribution in [1.82, 2.24) is 4.90 Å². The highest BCUT2D eigenvalue weighted by Gasteiger charge is 2.18. The number of likely N-dealkylation sites (tertiary alicyclic amines) is 1. The fourth-order valence-electron chi connectivity index (χ4n) is 2.49. The molecule has 21 heavy (non-hydrogen) atoms. The van der Waals surface area contributed by atoms with E-state index in [0.717, 1.165) is 37.2 Å². The Kier molecular flexibility index (Phi) is 5.59. The number of hydrogen-bond acceptors (Lipinski definition) is 5. The van der Waals surface area contributed by atoms with Crippen molar-refractivity contribution in [3.8, 4) is 5.75 Å². The number of carbonyl (C=O) groups is 1. The van der Waals surface area contributed by atoms with Crippen molar-refractivity contribution >= 4 is 5.97 Å². The molecule has 1 fully saturated rings. The van der Waals surface area contributed by atoms with Crippen molar-refractivity contribution in [3.05, 3.63) is 29.8 Å². The first-order valence-electron chi connectivity index (χ1n) is 7.36. The van der Waals surface area contributed by atoms with E-state index in [1.807, 2.05) is 24.3 Å². The number of ether oxygens (including phenoxy) is 2. The van der Waals surface area contributed by atoms with Crippen LogP contribution in [-0.2, 0) is 16.0 Å². The average molecular weight is 292 g/mol. The Bertz CT molecular complexity index is 453. The molecule has 2 rings (SSSR count). The van der Waals surface area contributed by atoms with Crippen molar-refractivity contribution in [2.75, 3.05) is 27.2 Å². The van der Waals surface area contributed by atoms with E-state index >= 15 is 0 Å². The fourth-order valence-corrected chi connectivity index (χ4v) is 2.49. The smallest absolute Gasteiger partial charge is 0.322 e. The van der Waals surface area contributed by atoms with Crippen molar-refractivity contribution in [2.45, 2.75) is 31.4 Å². The number of nitrogens with two attached hydrogens (primary N) is 1. The summed E-state index contributed by atoms with van der Waals surface area (Å²) in [6, 6.07) is 7.17. The van der Waals surface area contributed by atoms with Gasteiger partial charge >= 0.3 is 5.97 Å². The van der Waals surface area contributed by atoms with Crippen LogP contribution in [0.2, 0.25) is 0 Å². The van der Waals surface area contributed by atoms with E-state index in [4.69, 9.17) is 10.5 Å². The molecular formula is C16H24N2O3. The number of nitrogens with zero attached hydrogens (tertiary/aromatic N) is 1. The number of benzene rings is 1. The van der Waals surface area contributed by atoms with Gasteiger partial charge in [0.15, 0.2) is 0 Å². The Balaban J connectivity index is 1.85. The number of hydrogen-bond donors (Lipinski definition) is 1. The number of rotatable bonds is 5. The molecule has 5 nitrogen and oxygen atoms in total. The minimum atomic E-state index is -0.615. The lowest BCUT2D eigenvalue weighted by molar-refractivity contribution is -0.142. The topological polar surface area (TPSA) is 64.8 Å². The molecule has 5 heteroatoms. The van der Waals surface area contributed by atoms with E-state index < -0.39 is 6.04 Å². The minimum Gasteiger partial charge on any atom is -0.490 e. The van der Waals surface area contributed by atoms with Crippen LogP contribution in [0.5, 0.6) is 5.75 Å². The van der Waals surface area contributed by atoms with Crippen LogP contribution >= 0.6 is 0 Å². The summed E-state index contributed by atoms with van der Waals surface area (Å²) < 4.78 is 10.6. The maximum atomic E-state index is 11.3. The molecule has 0 saturated carbocycles. The SMILES string of the molecule is COC(=O)[C@@H](N)Cc1ccc(OC2CCN(C)CC2)cc1. The lowest BCUT2D eigenvalue weighted by Gasteiger charge is -2.29. The second kappa shape index (κ2) is 7.43. The van der Waals surface area contributed by atoms with Gasteiger partial charge in [-0.2, -0.15) is 0 Å². The van der Waals surface area contributed by atoms with Crippen LogP contribution in [0.1, 0.15) is 18.4 Å². The monoisotopic (exact) mass is 292 g/mol. The lowest BCUT2D eigenvalue weighted by Crippen LogP contribution is -2.35. The third-order valence-corrected chi connectivity index (χ3v) is 3.85. The molecular weight excluding hydrogens is 268 g/mol. The molecule has 1 saturated heterocycles. The third-order valence-electron chi connectivity index (χ3n) is 3.85. The first kappa shape index (κ1) is 15.8. The zero-order chi connectivity index (χ0) is 15.2. The normalized spacial score (nSPS) is 18.2. The van der Waals surface area contributed by atoms with Gasteiger partial charge in [-0.05, 0) is 44.0 Å². The van der Waals surface area contributed by atoms with Crippen molar-refractivity contribution < 1.29 is 14.3 Å². The Morgan fingerprint density at radius 1 is 1.33 bits per heavy atom. The molecule has 1 aromatic carbocycles. The molecule has 2 N–H and O–H groups in total. The summed E-state index contributed by atoms with van der Waals surface area (Å²) in [5.41, 5.74) is 6.75. The van der Waals surface area contributed by atoms with Gasteiger partial charge in [0.2, 0.25) is 0 Å². The number of methoxy groups -OCH3 is 1. The second-order valence-electron chi connectivity index (χ2n) is 5.60. The van der Waals surface area contributed by atoms with E-state index in [1.165, 1.54) is 7.11 Å². The Morgan fingerprint density at radius 3 is 2.52 bits per heavy atom. The van der Waals surface area contributed by atoms with Gasteiger partial charge in [0.25, 0.3) is 0 Å². The van der Waals surface area contributed by atoms with Crippen LogP contribution in [0.15, 0.2) is 24.3 Å². The summed E-state index contributed by atoms with van der Waals surface area (Å²) in [6.45, 7) is 2.16. The van der Waals surface area contributed by atoms with Gasteiger partial charge in [0.1, 0.15) is 17.9 Å². The summed E-state index contributed by atoms with van der Waals surface area (Å²) >= 11 is 0. The van der Waals surface area contributed by atoms with E-state index in [-0.39, 0.29) is 5.97 Å². The standard InChI is InChI=1S/C16H24N2O3/c1-18-9-7-14(8-10-18)21-13-5-3-12(4-6-13)11-15(17)16(19)20-2/h3-6,14-15H,7-11,17H2,1-2H3/t15-/m0/s1. The van der Waals surface area contributed by atoms with Gasteiger partial charge in [-0.3, -0.25) is 4.79 Å². The number of piperidine rings is 1. The molecule has 0 amide bonds. The average Bonchev–Trinajstić information content (AvgIpc) is 2.50. The van der Waals surface area contributed by atoms with E-state index in [0.29, 0.717) is 12.5 Å². The first-order valence-corrected chi connectivity index (χ1v) is 7.36. The minimum absolute atomic E-state index is 0.296. The zero-order valence-electron chi connectivity index (χ0n) is 12.7. The third kappa shape index (κ3) is 4.72. The Morgan fingerprint density at radius 2 is 1.95 bits per heavy atom. The predicted octanol–water partition coefficient (Wildman–Crippen LogP) is 1.20. The number of carbonyl (C=O) groups excluding carboxylic acids is 1. The van der Waals surface area contributed by atoms with E-state index in [9.17, 15) is 4.79 Å². The van der Waals surface area contributed by atoms with E-state index in [1.54, 1.807) is 0 Å². The summed E-state index contributed by atoms with van der Waals surface area (Å²) in [5.74, 6) is 0.488. The molecule has 1 aromatic rings. The molecule has 0 radical (unpaired) electrons. The lowest BCUT2D eigenvalue weighted by atomic mass is 10.1. The largest absolute Gasteiger partial charge is 0.490 e. The maximum Gasteiger partial charge on any atom is 0.322 e. The van der Waals surface area contributed by atoms with Gasteiger partial charge in [0, 0.05) is 13.1 Å². The molecule has 0 bridgehead atoms. The van der Waals surface area contributed by atoms with Gasteiger partial charge in [0.05, 0.1) is 7.11 Å². The summed E-state index contributed by atoms with van der Waals surface area (Å²) in [7, 11) is 3.48. The molecule has 0 aromatic heterocycles. The van der Waals surface area contributed by atoms with Gasteiger partial charge < -0.3 is 20.1 Å². The molecule has 1 aliphatic heterocycles. The highest BCUT2D eigenvalue weighted by atomic mass is 16.5. The molecule has 1 aliphatic rings. The van der Waals surface area contributed by atoms with Crippen LogP contribution in [0.25, 0.3) is 0 Å². The Labute approximate surface area is 126 Å². The highest BCUT2D eigenvalue weighted by Crippen LogP contribution is 2.19. The molecule has 0 aliphatic carbocycles. The van der Waals surface area contributed by atoms with Gasteiger partial charge in [-0.25, -0.2) is 0 Å². The molecule has 0 unspecified atom stereocenters. The van der Waals surface area contributed by atoms with Crippen molar-refractivity contribution in [2.24, 2.45) is 5.73 Å². The number of esters is 1. The van der Waals surface area contributed by atoms with Crippen molar-refractivity contribution in [3.63, 3.8) is 0 Å². The van der Waals surface area contributed by atoms with Crippen LogP contribution in [-0.4, -0.2) is 50.3 Å². The maximum absolute atomic E-state index is 11.3. The summed E-state index contributed by atoms with van der Waals surface area (Å²) in [5, 5.41) is 0. The first-order chi connectivity index (χ1) is 10.1. The van der Waals surface area contributed by atoms with Crippen LogP contribution in [0.4, 0.5) is 0 Å². The highest BCUT2D eigenvalue weighted by molar-refractivity contribution is 5.75.